The van der Waals surface area contributed by atoms with Crippen LogP contribution in [0.15, 0.2) is 9.98 Å². The van der Waals surface area contributed by atoms with Crippen molar-refractivity contribution >= 4 is 23.5 Å². The molecule has 0 aliphatic carbocycles. The van der Waals surface area contributed by atoms with Gasteiger partial charge in [0, 0.05) is 19.5 Å². The minimum Gasteiger partial charge on any atom is -0.370 e. The summed E-state index contributed by atoms with van der Waals surface area (Å²) in [4.78, 5) is 32.3. The Hall–Kier alpha value is -2.28. The molecule has 0 aromatic heterocycles. The number of nitrogens with two attached hydrogens (primary N) is 8. The maximum Gasteiger partial charge on any atom is 0.185 e. The molecule has 12 nitrogen and oxygen atoms in total. The first-order valence-corrected chi connectivity index (χ1v) is 13.2. The third kappa shape index (κ3) is 18.1. The SMILES string of the molecule is NC(N)=NCCC[C@H](N)C(=O)CCCCCCCCCCCC(N)(N)C(=O)[C@@H](N)CCCN=C(N)N. The maximum absolute atomic E-state index is 12.4. The average Bonchev–Trinajstić information content (AvgIpc) is 2.81. The van der Waals surface area contributed by atoms with Crippen LogP contribution in [-0.2, 0) is 9.59 Å². The molecule has 0 rings (SSSR count). The van der Waals surface area contributed by atoms with E-state index < -0.39 is 17.7 Å². The topological polar surface area (TPSA) is 267 Å². The van der Waals surface area contributed by atoms with Gasteiger partial charge in [0.15, 0.2) is 17.7 Å². The van der Waals surface area contributed by atoms with Crippen molar-refractivity contribution in [1.29, 1.82) is 0 Å². The van der Waals surface area contributed by atoms with Gasteiger partial charge in [0.05, 0.1) is 12.1 Å². The molecule has 0 saturated carbocycles. The first-order valence-electron chi connectivity index (χ1n) is 13.2. The lowest BCUT2D eigenvalue weighted by Gasteiger charge is -2.26. The molecule has 0 radical (unpaired) electrons. The highest BCUT2D eigenvalue weighted by atomic mass is 16.1. The molecule has 0 saturated heterocycles. The summed E-state index contributed by atoms with van der Waals surface area (Å²) >= 11 is 0. The summed E-state index contributed by atoms with van der Waals surface area (Å²) in [6.07, 6.45) is 12.5. The summed E-state index contributed by atoms with van der Waals surface area (Å²) in [5.41, 5.74) is 43.6. The number of hydrogen-bond donors (Lipinski definition) is 8. The molecule has 0 bridgehead atoms. The lowest BCUT2D eigenvalue weighted by molar-refractivity contribution is -0.125. The summed E-state index contributed by atoms with van der Waals surface area (Å²) in [5, 5.41) is 0. The van der Waals surface area contributed by atoms with Gasteiger partial charge in [-0.2, -0.15) is 0 Å². The number of aliphatic imine (C=N–C) groups is 2. The predicted molar refractivity (Wildman–Crippen MR) is 148 cm³/mol. The van der Waals surface area contributed by atoms with E-state index in [1.807, 2.05) is 0 Å². The van der Waals surface area contributed by atoms with Crippen LogP contribution in [-0.4, -0.2) is 54.3 Å². The van der Waals surface area contributed by atoms with Gasteiger partial charge in [-0.25, -0.2) is 0 Å². The number of hydrogen-bond acceptors (Lipinski definition) is 8. The van der Waals surface area contributed by atoms with E-state index >= 15 is 0 Å². The number of guanidine groups is 2. The Kier molecular flexibility index (Phi) is 18.6. The first-order chi connectivity index (χ1) is 17.0. The van der Waals surface area contributed by atoms with Crippen LogP contribution in [0.4, 0.5) is 0 Å². The van der Waals surface area contributed by atoms with E-state index in [1.165, 1.54) is 0 Å². The summed E-state index contributed by atoms with van der Waals surface area (Å²) in [6, 6.07) is -1.14. The summed E-state index contributed by atoms with van der Waals surface area (Å²) < 4.78 is 0. The molecule has 0 unspecified atom stereocenters. The minimum atomic E-state index is -1.40. The molecule has 0 aliphatic heterocycles. The van der Waals surface area contributed by atoms with Crippen molar-refractivity contribution < 1.29 is 9.59 Å². The number of rotatable bonds is 23. The molecule has 0 aromatic rings. The first kappa shape index (κ1) is 33.7. The van der Waals surface area contributed by atoms with Crippen LogP contribution < -0.4 is 45.9 Å². The van der Waals surface area contributed by atoms with Gasteiger partial charge in [0.2, 0.25) is 0 Å². The number of carbonyl (C=O) groups is 2. The van der Waals surface area contributed by atoms with Crippen molar-refractivity contribution in [2.45, 2.75) is 114 Å². The van der Waals surface area contributed by atoms with Crippen LogP contribution in [0.3, 0.4) is 0 Å². The number of Topliss-reactive ketones (excluding diaryl/α,β-unsaturated/α-hetero) is 2. The molecule has 0 heterocycles. The van der Waals surface area contributed by atoms with Crippen LogP contribution in [0.2, 0.25) is 0 Å². The molecular formula is C24H52N10O2. The zero-order valence-corrected chi connectivity index (χ0v) is 22.0. The number of carbonyl (C=O) groups excluding carboxylic acids is 2. The zero-order chi connectivity index (χ0) is 27.4. The number of ketones is 2. The van der Waals surface area contributed by atoms with Gasteiger partial charge in [0.1, 0.15) is 11.4 Å². The van der Waals surface area contributed by atoms with Crippen LogP contribution in [0.25, 0.3) is 0 Å². The fraction of sp³-hybridized carbons (Fsp3) is 0.833. The van der Waals surface area contributed by atoms with E-state index in [1.54, 1.807) is 0 Å². The summed E-state index contributed by atoms with van der Waals surface area (Å²) in [7, 11) is 0. The van der Waals surface area contributed by atoms with Gasteiger partial charge < -0.3 is 45.9 Å². The highest BCUT2D eigenvalue weighted by Crippen LogP contribution is 2.15. The Morgan fingerprint density at radius 3 is 1.50 bits per heavy atom. The van der Waals surface area contributed by atoms with Gasteiger partial charge in [0.25, 0.3) is 0 Å². The summed E-state index contributed by atoms with van der Waals surface area (Å²) in [5.74, 6) is -0.133. The lowest BCUT2D eigenvalue weighted by Crippen LogP contribution is -2.61. The Balaban J connectivity index is 3.74. The van der Waals surface area contributed by atoms with Gasteiger partial charge in [-0.1, -0.05) is 44.9 Å². The third-order valence-corrected chi connectivity index (χ3v) is 6.16. The standard InChI is InChI=1S/C24H52N10O2/c25-18(12-10-16-33-22(27)28)20(35)14-8-6-4-2-1-3-5-7-9-15-24(31,32)21(36)19(26)13-11-17-34-23(29)30/h18-19H,1-17,25-26,31-32H2,(H4,27,28,33)(H4,29,30,34)/t18-,19-/m0/s1. The van der Waals surface area contributed by atoms with Crippen molar-refractivity contribution in [3.8, 4) is 0 Å². The second-order valence-electron chi connectivity index (χ2n) is 9.66. The third-order valence-electron chi connectivity index (χ3n) is 6.16. The Bertz CT molecular complexity index is 674. The van der Waals surface area contributed by atoms with Crippen molar-refractivity contribution in [2.24, 2.45) is 55.9 Å². The Morgan fingerprint density at radius 1 is 0.611 bits per heavy atom. The van der Waals surface area contributed by atoms with Crippen LogP contribution in [0, 0.1) is 0 Å². The largest absolute Gasteiger partial charge is 0.370 e. The number of nitrogens with zero attached hydrogens (tertiary/aromatic N) is 2. The molecule has 0 aromatic carbocycles. The van der Waals surface area contributed by atoms with E-state index in [9.17, 15) is 9.59 Å². The van der Waals surface area contributed by atoms with Gasteiger partial charge in [-0.05, 0) is 44.9 Å². The molecule has 210 valence electrons. The van der Waals surface area contributed by atoms with E-state index in [-0.39, 0.29) is 23.5 Å². The Morgan fingerprint density at radius 2 is 1.03 bits per heavy atom. The minimum absolute atomic E-state index is 0.0168. The average molecular weight is 513 g/mol. The highest BCUT2D eigenvalue weighted by molar-refractivity contribution is 5.91. The van der Waals surface area contributed by atoms with E-state index in [0.717, 1.165) is 57.8 Å². The normalized spacial score (nSPS) is 13.1. The van der Waals surface area contributed by atoms with Gasteiger partial charge in [-0.3, -0.25) is 19.6 Å². The molecule has 2 atom stereocenters. The second kappa shape index (κ2) is 19.9. The summed E-state index contributed by atoms with van der Waals surface area (Å²) in [6.45, 7) is 0.915. The molecule has 0 spiro atoms. The lowest BCUT2D eigenvalue weighted by atomic mass is 9.92. The predicted octanol–water partition coefficient (Wildman–Crippen LogP) is -0.209. The van der Waals surface area contributed by atoms with Crippen LogP contribution in [0.5, 0.6) is 0 Å². The van der Waals surface area contributed by atoms with Crippen molar-refractivity contribution in [3.05, 3.63) is 0 Å². The zero-order valence-electron chi connectivity index (χ0n) is 22.0. The van der Waals surface area contributed by atoms with Crippen LogP contribution >= 0.6 is 0 Å². The monoisotopic (exact) mass is 512 g/mol. The molecule has 12 heteroatoms. The van der Waals surface area contributed by atoms with E-state index in [0.29, 0.717) is 51.6 Å². The fourth-order valence-electron chi connectivity index (χ4n) is 3.94. The molecule has 16 N–H and O–H groups in total. The van der Waals surface area contributed by atoms with Crippen molar-refractivity contribution in [1.82, 2.24) is 0 Å². The van der Waals surface area contributed by atoms with Gasteiger partial charge in [-0.15, -0.1) is 0 Å². The molecular weight excluding hydrogens is 460 g/mol. The van der Waals surface area contributed by atoms with Crippen LogP contribution in [0.1, 0.15) is 96.3 Å². The fourth-order valence-corrected chi connectivity index (χ4v) is 3.94. The molecule has 0 amide bonds. The molecule has 36 heavy (non-hydrogen) atoms. The van der Waals surface area contributed by atoms with Gasteiger partial charge >= 0.3 is 0 Å². The smallest absolute Gasteiger partial charge is 0.185 e. The van der Waals surface area contributed by atoms with Crippen molar-refractivity contribution in [2.75, 3.05) is 13.1 Å². The molecule has 0 aliphatic rings. The number of unbranched alkanes of at least 4 members (excludes halogenated alkanes) is 8. The maximum atomic E-state index is 12.4. The van der Waals surface area contributed by atoms with Crippen molar-refractivity contribution in [3.63, 3.8) is 0 Å². The second-order valence-corrected chi connectivity index (χ2v) is 9.66. The quantitative estimate of drug-likeness (QED) is 0.0386. The van der Waals surface area contributed by atoms with E-state index in [2.05, 4.69) is 9.98 Å². The molecule has 0 fully saturated rings. The van der Waals surface area contributed by atoms with E-state index in [4.69, 9.17) is 45.9 Å². The highest BCUT2D eigenvalue weighted by Gasteiger charge is 2.32. The Labute approximate surface area is 216 Å².